The van der Waals surface area contributed by atoms with Crippen molar-refractivity contribution in [2.24, 2.45) is 0 Å². The number of amides is 1. The number of carbonyl (C=O) groups is 1. The van der Waals surface area contributed by atoms with Crippen molar-refractivity contribution >= 4 is 11.6 Å². The third kappa shape index (κ3) is 3.93. The monoisotopic (exact) mass is 418 g/mol. The molecule has 4 rings (SSSR count). The Bertz CT molecular complexity index is 1070. The Morgan fingerprint density at radius 1 is 1.23 bits per heavy atom. The summed E-state index contributed by atoms with van der Waals surface area (Å²) in [5.41, 5.74) is 0.156. The van der Waals surface area contributed by atoms with Crippen LogP contribution in [0.15, 0.2) is 53.1 Å². The molecule has 0 fully saturated rings. The fourth-order valence-electron chi connectivity index (χ4n) is 3.19. The molecule has 1 amide bonds. The van der Waals surface area contributed by atoms with Crippen molar-refractivity contribution < 1.29 is 27.2 Å². The Labute approximate surface area is 169 Å². The van der Waals surface area contributed by atoms with Gasteiger partial charge in [0.25, 0.3) is 5.91 Å². The van der Waals surface area contributed by atoms with Crippen LogP contribution in [0, 0.1) is 0 Å². The topological polar surface area (TPSA) is 80.5 Å². The van der Waals surface area contributed by atoms with Gasteiger partial charge in [-0.05, 0) is 24.3 Å². The van der Waals surface area contributed by atoms with E-state index in [1.807, 2.05) is 17.0 Å². The number of aromatic nitrogens is 2. The van der Waals surface area contributed by atoms with Gasteiger partial charge >= 0.3 is 6.18 Å². The molecule has 0 bridgehead atoms. The van der Waals surface area contributed by atoms with E-state index in [2.05, 4.69) is 15.5 Å². The lowest BCUT2D eigenvalue weighted by atomic mass is 10.1. The van der Waals surface area contributed by atoms with Gasteiger partial charge < -0.3 is 19.5 Å². The molecule has 1 aliphatic heterocycles. The molecule has 0 radical (unpaired) electrons. The number of anilines is 1. The number of alkyl halides is 3. The van der Waals surface area contributed by atoms with Gasteiger partial charge in [0.05, 0.1) is 24.3 Å². The summed E-state index contributed by atoms with van der Waals surface area (Å²) in [5, 5.41) is 6.37. The first-order chi connectivity index (χ1) is 14.3. The number of likely N-dealkylation sites (N-methyl/N-ethyl adjacent to an activating group) is 1. The quantitative estimate of drug-likeness (QED) is 0.701. The van der Waals surface area contributed by atoms with Gasteiger partial charge in [-0.1, -0.05) is 29.4 Å². The van der Waals surface area contributed by atoms with E-state index in [0.717, 1.165) is 17.8 Å². The van der Waals surface area contributed by atoms with Crippen molar-refractivity contribution in [1.82, 2.24) is 15.5 Å². The van der Waals surface area contributed by atoms with Gasteiger partial charge in [-0.15, -0.1) is 0 Å². The Morgan fingerprint density at radius 2 is 2.03 bits per heavy atom. The van der Waals surface area contributed by atoms with Crippen molar-refractivity contribution in [1.29, 1.82) is 0 Å². The van der Waals surface area contributed by atoms with Crippen LogP contribution >= 0.6 is 0 Å². The predicted molar refractivity (Wildman–Crippen MR) is 101 cm³/mol. The molecule has 0 spiro atoms. The number of nitrogens with zero attached hydrogens (tertiary/aromatic N) is 3. The highest BCUT2D eigenvalue weighted by Crippen LogP contribution is 2.34. The predicted octanol–water partition coefficient (Wildman–Crippen LogP) is 3.27. The van der Waals surface area contributed by atoms with Gasteiger partial charge in [-0.3, -0.25) is 4.79 Å². The minimum Gasteiger partial charge on any atom is -0.477 e. The summed E-state index contributed by atoms with van der Waals surface area (Å²) in [6.45, 7) is 0.414. The number of nitrogens with one attached hydrogen (secondary N) is 1. The SMILES string of the molecule is CNC(=O)C1CN(Cc2nc(-c3cccc(C(F)(F)F)c3)no2)c2ccccc2O1. The van der Waals surface area contributed by atoms with E-state index in [-0.39, 0.29) is 36.3 Å². The average molecular weight is 418 g/mol. The highest BCUT2D eigenvalue weighted by molar-refractivity contribution is 5.83. The van der Waals surface area contributed by atoms with Crippen LogP contribution in [0.1, 0.15) is 11.5 Å². The van der Waals surface area contributed by atoms with E-state index in [1.54, 1.807) is 12.1 Å². The second kappa shape index (κ2) is 7.69. The average Bonchev–Trinajstić information content (AvgIpc) is 3.21. The molecule has 2 aromatic carbocycles. The van der Waals surface area contributed by atoms with Gasteiger partial charge in [-0.2, -0.15) is 18.2 Å². The Balaban J connectivity index is 1.58. The summed E-state index contributed by atoms with van der Waals surface area (Å²) < 4.78 is 49.9. The van der Waals surface area contributed by atoms with Crippen LogP contribution in [0.4, 0.5) is 18.9 Å². The lowest BCUT2D eigenvalue weighted by Crippen LogP contribution is -2.48. The zero-order valence-corrected chi connectivity index (χ0v) is 15.8. The Kier molecular flexibility index (Phi) is 5.06. The molecule has 1 aromatic heterocycles. The number of para-hydroxylation sites is 2. The highest BCUT2D eigenvalue weighted by atomic mass is 19.4. The molecule has 2 heterocycles. The summed E-state index contributed by atoms with van der Waals surface area (Å²) in [4.78, 5) is 18.2. The first kappa shape index (κ1) is 19.7. The number of halogens is 3. The highest BCUT2D eigenvalue weighted by Gasteiger charge is 2.32. The molecule has 1 N–H and O–H groups in total. The number of carbonyl (C=O) groups excluding carboxylic acids is 1. The minimum absolute atomic E-state index is 0.0560. The van der Waals surface area contributed by atoms with Crippen molar-refractivity contribution in [2.75, 3.05) is 18.5 Å². The van der Waals surface area contributed by atoms with E-state index in [0.29, 0.717) is 5.75 Å². The van der Waals surface area contributed by atoms with E-state index in [1.165, 1.54) is 19.2 Å². The number of rotatable bonds is 4. The maximum Gasteiger partial charge on any atom is 0.416 e. The maximum absolute atomic E-state index is 13.0. The summed E-state index contributed by atoms with van der Waals surface area (Å²) in [6, 6.07) is 11.9. The molecule has 3 aromatic rings. The molecule has 30 heavy (non-hydrogen) atoms. The van der Waals surface area contributed by atoms with Crippen LogP contribution in [0.25, 0.3) is 11.4 Å². The van der Waals surface area contributed by atoms with Crippen LogP contribution in [0.2, 0.25) is 0 Å². The minimum atomic E-state index is -4.46. The summed E-state index contributed by atoms with van der Waals surface area (Å²) in [7, 11) is 1.52. The van der Waals surface area contributed by atoms with Crippen molar-refractivity contribution in [3.05, 3.63) is 60.0 Å². The lowest BCUT2D eigenvalue weighted by Gasteiger charge is -2.34. The van der Waals surface area contributed by atoms with Crippen molar-refractivity contribution in [3.8, 4) is 17.1 Å². The summed E-state index contributed by atoms with van der Waals surface area (Å²) >= 11 is 0. The van der Waals surface area contributed by atoms with Crippen LogP contribution in [-0.2, 0) is 17.5 Å². The molecular weight excluding hydrogens is 401 g/mol. The second-order valence-corrected chi connectivity index (χ2v) is 6.66. The smallest absolute Gasteiger partial charge is 0.416 e. The molecule has 0 aliphatic carbocycles. The van der Waals surface area contributed by atoms with Gasteiger partial charge in [0.15, 0.2) is 6.10 Å². The number of fused-ring (bicyclic) bond motifs is 1. The normalized spacial score (nSPS) is 16.0. The van der Waals surface area contributed by atoms with E-state index < -0.39 is 17.8 Å². The van der Waals surface area contributed by atoms with Crippen LogP contribution in [-0.4, -0.2) is 35.7 Å². The number of benzene rings is 2. The molecular formula is C20H17F3N4O3. The largest absolute Gasteiger partial charge is 0.477 e. The van der Waals surface area contributed by atoms with Gasteiger partial charge in [0.1, 0.15) is 5.75 Å². The summed E-state index contributed by atoms with van der Waals surface area (Å²) in [5.74, 6) is 0.523. The number of hydrogen-bond donors (Lipinski definition) is 1. The maximum atomic E-state index is 13.0. The fourth-order valence-corrected chi connectivity index (χ4v) is 3.19. The van der Waals surface area contributed by atoms with E-state index in [9.17, 15) is 18.0 Å². The Hall–Kier alpha value is -3.56. The van der Waals surface area contributed by atoms with Crippen molar-refractivity contribution in [2.45, 2.75) is 18.8 Å². The molecule has 10 heteroatoms. The zero-order valence-electron chi connectivity index (χ0n) is 15.8. The molecule has 0 saturated carbocycles. The fraction of sp³-hybridized carbons (Fsp3) is 0.250. The molecule has 156 valence electrons. The first-order valence-electron chi connectivity index (χ1n) is 9.07. The van der Waals surface area contributed by atoms with Crippen molar-refractivity contribution in [3.63, 3.8) is 0 Å². The number of hydrogen-bond acceptors (Lipinski definition) is 6. The van der Waals surface area contributed by atoms with Crippen LogP contribution in [0.3, 0.4) is 0 Å². The second-order valence-electron chi connectivity index (χ2n) is 6.66. The molecule has 7 nitrogen and oxygen atoms in total. The van der Waals surface area contributed by atoms with Gasteiger partial charge in [-0.25, -0.2) is 0 Å². The third-order valence-corrected chi connectivity index (χ3v) is 4.64. The zero-order chi connectivity index (χ0) is 21.3. The lowest BCUT2D eigenvalue weighted by molar-refractivity contribution is -0.137. The van der Waals surface area contributed by atoms with Gasteiger partial charge in [0, 0.05) is 12.6 Å². The molecule has 1 aliphatic rings. The molecule has 1 atom stereocenters. The first-order valence-corrected chi connectivity index (χ1v) is 9.07. The Morgan fingerprint density at radius 3 is 2.80 bits per heavy atom. The third-order valence-electron chi connectivity index (χ3n) is 4.64. The van der Waals surface area contributed by atoms with E-state index in [4.69, 9.17) is 9.26 Å². The van der Waals surface area contributed by atoms with Gasteiger partial charge in [0.2, 0.25) is 11.7 Å². The summed E-state index contributed by atoms with van der Waals surface area (Å²) in [6.07, 6.45) is -5.19. The molecule has 1 unspecified atom stereocenters. The molecule has 0 saturated heterocycles. The van der Waals surface area contributed by atoms with Crippen LogP contribution in [0.5, 0.6) is 5.75 Å². The van der Waals surface area contributed by atoms with E-state index >= 15 is 0 Å². The standard InChI is InChI=1S/C20H17F3N4O3/c1-24-19(28)16-10-27(14-7-2-3-8-15(14)29-16)11-17-25-18(26-30-17)12-5-4-6-13(9-12)20(21,22)23/h2-9,16H,10-11H2,1H3,(H,24,28). The van der Waals surface area contributed by atoms with Crippen LogP contribution < -0.4 is 15.0 Å². The number of ether oxygens (including phenoxy) is 1.